The number of rotatable bonds is 5. The van der Waals surface area contributed by atoms with Crippen molar-refractivity contribution in [2.75, 3.05) is 20.4 Å². The Balaban J connectivity index is 1.33. The molecule has 162 valence electrons. The predicted molar refractivity (Wildman–Crippen MR) is 118 cm³/mol. The van der Waals surface area contributed by atoms with Crippen molar-refractivity contribution in [3.63, 3.8) is 0 Å². The van der Waals surface area contributed by atoms with E-state index in [1.807, 2.05) is 18.2 Å². The Morgan fingerprint density at radius 3 is 2.59 bits per heavy atom. The lowest BCUT2D eigenvalue weighted by molar-refractivity contribution is 0.0949. The number of carbonyl (C=O) groups is 1. The summed E-state index contributed by atoms with van der Waals surface area (Å²) >= 11 is 0. The molecule has 3 aromatic rings. The van der Waals surface area contributed by atoms with E-state index < -0.39 is 0 Å². The third-order valence-corrected chi connectivity index (χ3v) is 5.73. The zero-order valence-electron chi connectivity index (χ0n) is 17.6. The van der Waals surface area contributed by atoms with E-state index in [1.54, 1.807) is 31.4 Å². The van der Waals surface area contributed by atoms with Gasteiger partial charge in [-0.1, -0.05) is 24.3 Å². The van der Waals surface area contributed by atoms with Crippen LogP contribution in [0.5, 0.6) is 17.2 Å². The summed E-state index contributed by atoms with van der Waals surface area (Å²) in [6.45, 7) is 1.92. The highest BCUT2D eigenvalue weighted by Crippen LogP contribution is 2.42. The number of halogens is 1. The normalized spacial score (nSPS) is 16.3. The van der Waals surface area contributed by atoms with Crippen LogP contribution in [0.4, 0.5) is 4.39 Å². The van der Waals surface area contributed by atoms with Crippen LogP contribution in [0.1, 0.15) is 27.0 Å². The number of nitrogens with zero attached hydrogens (tertiary/aromatic N) is 1. The first-order chi connectivity index (χ1) is 15.6. The molecule has 0 radical (unpaired) electrons. The van der Waals surface area contributed by atoms with Gasteiger partial charge in [-0.3, -0.25) is 9.69 Å². The van der Waals surface area contributed by atoms with E-state index in [1.165, 1.54) is 17.7 Å². The Morgan fingerprint density at radius 2 is 1.84 bits per heavy atom. The molecule has 2 heterocycles. The highest BCUT2D eigenvalue weighted by atomic mass is 19.1. The third-order valence-electron chi connectivity index (χ3n) is 5.73. The summed E-state index contributed by atoms with van der Waals surface area (Å²) in [7, 11) is 1.66. The van der Waals surface area contributed by atoms with Crippen molar-refractivity contribution in [2.45, 2.75) is 13.0 Å². The lowest BCUT2D eigenvalue weighted by atomic mass is 10.0. The number of hydrogen-bond donors (Lipinski definition) is 0. The summed E-state index contributed by atoms with van der Waals surface area (Å²) in [6, 6.07) is 17.5. The molecule has 0 bridgehead atoms. The molecule has 6 heteroatoms. The first-order valence-electron chi connectivity index (χ1n) is 10.4. The van der Waals surface area contributed by atoms with Gasteiger partial charge in [0.15, 0.2) is 5.76 Å². The van der Waals surface area contributed by atoms with Gasteiger partial charge in [0.2, 0.25) is 5.78 Å². The van der Waals surface area contributed by atoms with Gasteiger partial charge in [0.25, 0.3) is 0 Å². The predicted octanol–water partition coefficient (Wildman–Crippen LogP) is 4.85. The molecule has 5 rings (SSSR count). The van der Waals surface area contributed by atoms with Gasteiger partial charge in [0.1, 0.15) is 29.8 Å². The number of methoxy groups -OCH3 is 1. The number of Topliss-reactive ketones (excluding diaryl/α,β-unsaturated/α-hetero) is 1. The fourth-order valence-corrected chi connectivity index (χ4v) is 3.94. The number of fused-ring (bicyclic) bond motifs is 3. The first kappa shape index (κ1) is 20.3. The zero-order valence-corrected chi connectivity index (χ0v) is 17.6. The van der Waals surface area contributed by atoms with Crippen LogP contribution in [0.15, 0.2) is 66.4 Å². The van der Waals surface area contributed by atoms with Crippen molar-refractivity contribution in [1.29, 1.82) is 0 Å². The Bertz CT molecular complexity index is 1190. The molecule has 3 aromatic carbocycles. The van der Waals surface area contributed by atoms with Gasteiger partial charge in [0.05, 0.1) is 18.2 Å². The minimum Gasteiger partial charge on any atom is -0.497 e. The average molecular weight is 431 g/mol. The van der Waals surface area contributed by atoms with Gasteiger partial charge >= 0.3 is 0 Å². The summed E-state index contributed by atoms with van der Waals surface area (Å²) in [5, 5.41) is 0. The second kappa shape index (κ2) is 8.48. The van der Waals surface area contributed by atoms with Crippen molar-refractivity contribution in [3.8, 4) is 17.2 Å². The maximum atomic E-state index is 13.2. The van der Waals surface area contributed by atoms with E-state index in [9.17, 15) is 9.18 Å². The van der Waals surface area contributed by atoms with E-state index in [0.29, 0.717) is 30.2 Å². The molecule has 0 aliphatic carbocycles. The van der Waals surface area contributed by atoms with Gasteiger partial charge in [-0.2, -0.15) is 0 Å². The van der Waals surface area contributed by atoms with Gasteiger partial charge in [0, 0.05) is 13.1 Å². The van der Waals surface area contributed by atoms with Crippen LogP contribution >= 0.6 is 0 Å². The lowest BCUT2D eigenvalue weighted by Crippen LogP contribution is -2.33. The van der Waals surface area contributed by atoms with Gasteiger partial charge in [-0.15, -0.1) is 0 Å². The Morgan fingerprint density at radius 1 is 1.06 bits per heavy atom. The molecule has 0 spiro atoms. The fourth-order valence-electron chi connectivity index (χ4n) is 3.94. The van der Waals surface area contributed by atoms with Crippen LogP contribution in [0.3, 0.4) is 0 Å². The molecule has 0 saturated carbocycles. The molecule has 0 N–H and O–H groups in total. The molecule has 0 aromatic heterocycles. The molecule has 5 nitrogen and oxygen atoms in total. The standard InChI is InChI=1S/C26H22FNO4/c1-30-20-8-4-17(5-9-20)12-13-28-15-22-23(31-16-28)11-10-21-25(29)24(32-26(21)22)14-18-2-6-19(27)7-3-18/h2-11,14H,12-13,15-16H2,1H3/b24-14-. The van der Waals surface area contributed by atoms with Crippen LogP contribution in [0.25, 0.3) is 6.08 Å². The van der Waals surface area contributed by atoms with Crippen molar-refractivity contribution in [1.82, 2.24) is 4.90 Å². The molecule has 0 fully saturated rings. The average Bonchev–Trinajstić information content (AvgIpc) is 3.15. The van der Waals surface area contributed by atoms with E-state index in [-0.39, 0.29) is 17.4 Å². The monoisotopic (exact) mass is 431 g/mol. The molecule has 0 unspecified atom stereocenters. The lowest BCUT2D eigenvalue weighted by Gasteiger charge is -2.29. The Hall–Kier alpha value is -3.64. The fraction of sp³-hybridized carbons (Fsp3) is 0.192. The zero-order chi connectivity index (χ0) is 22.1. The van der Waals surface area contributed by atoms with E-state index >= 15 is 0 Å². The maximum Gasteiger partial charge on any atom is 0.231 e. The number of hydrogen-bond acceptors (Lipinski definition) is 5. The number of carbonyl (C=O) groups excluding carboxylic acids is 1. The Kier molecular flexibility index (Phi) is 5.37. The molecule has 0 atom stereocenters. The van der Waals surface area contributed by atoms with E-state index in [0.717, 1.165) is 30.0 Å². The minimum atomic E-state index is -0.324. The van der Waals surface area contributed by atoms with Crippen LogP contribution in [0, 0.1) is 5.82 Å². The van der Waals surface area contributed by atoms with Crippen molar-refractivity contribution >= 4 is 11.9 Å². The third kappa shape index (κ3) is 3.97. The van der Waals surface area contributed by atoms with E-state index in [4.69, 9.17) is 14.2 Å². The highest BCUT2D eigenvalue weighted by molar-refractivity contribution is 6.15. The molecule has 2 aliphatic heterocycles. The van der Waals surface area contributed by atoms with Crippen LogP contribution in [0.2, 0.25) is 0 Å². The second-order valence-electron chi connectivity index (χ2n) is 7.83. The summed E-state index contributed by atoms with van der Waals surface area (Å²) < 4.78 is 30.3. The second-order valence-corrected chi connectivity index (χ2v) is 7.83. The number of allylic oxidation sites excluding steroid dienone is 1. The van der Waals surface area contributed by atoms with Crippen molar-refractivity contribution in [2.24, 2.45) is 0 Å². The Labute approximate surface area is 185 Å². The van der Waals surface area contributed by atoms with Crippen LogP contribution in [-0.2, 0) is 13.0 Å². The van der Waals surface area contributed by atoms with Crippen molar-refractivity contribution in [3.05, 3.63) is 94.5 Å². The van der Waals surface area contributed by atoms with Crippen LogP contribution < -0.4 is 14.2 Å². The molecule has 32 heavy (non-hydrogen) atoms. The van der Waals surface area contributed by atoms with E-state index in [2.05, 4.69) is 17.0 Å². The smallest absolute Gasteiger partial charge is 0.231 e. The molecule has 0 saturated heterocycles. The SMILES string of the molecule is COc1ccc(CCN2COc3ccc4c(c3C2)O/C(=C\c2ccc(F)cc2)C4=O)cc1. The molecular formula is C26H22FNO4. The summed E-state index contributed by atoms with van der Waals surface area (Å²) in [6.07, 6.45) is 2.51. The van der Waals surface area contributed by atoms with Crippen molar-refractivity contribution < 1.29 is 23.4 Å². The number of ketones is 1. The highest BCUT2D eigenvalue weighted by Gasteiger charge is 2.33. The van der Waals surface area contributed by atoms with Gasteiger partial charge < -0.3 is 14.2 Å². The van der Waals surface area contributed by atoms with Gasteiger partial charge in [-0.05, 0) is 60.0 Å². The summed E-state index contributed by atoms with van der Waals surface area (Å²) in [5.74, 6) is 1.86. The largest absolute Gasteiger partial charge is 0.497 e. The minimum absolute atomic E-state index is 0.178. The summed E-state index contributed by atoms with van der Waals surface area (Å²) in [4.78, 5) is 15.0. The maximum absolute atomic E-state index is 13.2. The van der Waals surface area contributed by atoms with Gasteiger partial charge in [-0.25, -0.2) is 4.39 Å². The molecule has 0 amide bonds. The number of ether oxygens (including phenoxy) is 3. The summed E-state index contributed by atoms with van der Waals surface area (Å²) in [5.41, 5.74) is 3.32. The molecule has 2 aliphatic rings. The number of benzene rings is 3. The topological polar surface area (TPSA) is 48.0 Å². The molecular weight excluding hydrogens is 409 g/mol. The quantitative estimate of drug-likeness (QED) is 0.541. The van der Waals surface area contributed by atoms with Crippen LogP contribution in [-0.4, -0.2) is 31.1 Å². The first-order valence-corrected chi connectivity index (χ1v) is 10.4.